The molecule has 164 valence electrons. The summed E-state index contributed by atoms with van der Waals surface area (Å²) in [4.78, 5) is 31.2. The molecule has 3 heterocycles. The fourth-order valence-corrected chi connectivity index (χ4v) is 4.54. The average Bonchev–Trinajstić information content (AvgIpc) is 3.22. The zero-order valence-corrected chi connectivity index (χ0v) is 18.1. The SMILES string of the molecule is CCc1ccc(NC(=O)N2CC[C@]3(CC[C@@H](C(=O)Nc4cccnc4)O3)[C@H](C)C2)cc1. The monoisotopic (exact) mass is 422 g/mol. The Bertz CT molecular complexity index is 918. The van der Waals surface area contributed by atoms with E-state index in [1.165, 1.54) is 5.56 Å². The van der Waals surface area contributed by atoms with E-state index in [2.05, 4.69) is 29.5 Å². The highest BCUT2D eigenvalue weighted by molar-refractivity contribution is 5.94. The van der Waals surface area contributed by atoms with E-state index in [0.29, 0.717) is 25.2 Å². The lowest BCUT2D eigenvalue weighted by Crippen LogP contribution is -2.53. The highest BCUT2D eigenvalue weighted by Gasteiger charge is 2.49. The molecule has 7 nitrogen and oxygen atoms in total. The van der Waals surface area contributed by atoms with Crippen LogP contribution >= 0.6 is 0 Å². The number of piperidine rings is 1. The van der Waals surface area contributed by atoms with E-state index >= 15 is 0 Å². The number of carbonyl (C=O) groups is 2. The molecule has 2 saturated heterocycles. The largest absolute Gasteiger partial charge is 0.362 e. The summed E-state index contributed by atoms with van der Waals surface area (Å²) in [6.45, 7) is 5.43. The van der Waals surface area contributed by atoms with Crippen LogP contribution in [-0.2, 0) is 16.0 Å². The Balaban J connectivity index is 1.32. The summed E-state index contributed by atoms with van der Waals surface area (Å²) in [5, 5.41) is 5.88. The first-order valence-electron chi connectivity index (χ1n) is 11.0. The number of pyridine rings is 1. The number of hydrogen-bond donors (Lipinski definition) is 2. The van der Waals surface area contributed by atoms with Crippen molar-refractivity contribution in [1.29, 1.82) is 0 Å². The van der Waals surface area contributed by atoms with E-state index in [1.54, 1.807) is 18.5 Å². The molecule has 0 unspecified atom stereocenters. The van der Waals surface area contributed by atoms with Gasteiger partial charge >= 0.3 is 6.03 Å². The number of anilines is 2. The fourth-order valence-electron chi connectivity index (χ4n) is 4.54. The molecule has 2 N–H and O–H groups in total. The zero-order chi connectivity index (χ0) is 21.8. The predicted octanol–water partition coefficient (Wildman–Crippen LogP) is 4.07. The fraction of sp³-hybridized carbons (Fsp3) is 0.458. The van der Waals surface area contributed by atoms with Crippen molar-refractivity contribution in [1.82, 2.24) is 9.88 Å². The highest BCUT2D eigenvalue weighted by Crippen LogP contribution is 2.42. The molecule has 4 rings (SSSR count). The number of benzene rings is 1. The van der Waals surface area contributed by atoms with Gasteiger partial charge in [0.15, 0.2) is 0 Å². The van der Waals surface area contributed by atoms with Gasteiger partial charge in [-0.1, -0.05) is 26.0 Å². The van der Waals surface area contributed by atoms with Gasteiger partial charge in [-0.2, -0.15) is 0 Å². The third-order valence-corrected chi connectivity index (χ3v) is 6.53. The molecule has 2 aliphatic rings. The summed E-state index contributed by atoms with van der Waals surface area (Å²) in [5.74, 6) is 0.0124. The molecular formula is C24H30N4O3. The molecule has 0 saturated carbocycles. The first-order valence-corrected chi connectivity index (χ1v) is 11.0. The lowest BCUT2D eigenvalue weighted by atomic mass is 9.80. The molecule has 0 aliphatic carbocycles. The number of hydrogen-bond acceptors (Lipinski definition) is 4. The number of amides is 3. The number of nitrogens with zero attached hydrogens (tertiary/aromatic N) is 2. The third kappa shape index (κ3) is 4.71. The van der Waals surface area contributed by atoms with Crippen molar-refractivity contribution >= 4 is 23.3 Å². The minimum Gasteiger partial charge on any atom is -0.362 e. The van der Waals surface area contributed by atoms with E-state index in [4.69, 9.17) is 4.74 Å². The maximum absolute atomic E-state index is 12.8. The number of urea groups is 1. The second kappa shape index (κ2) is 9.06. The number of aryl methyl sites for hydroxylation is 1. The molecule has 1 spiro atoms. The lowest BCUT2D eigenvalue weighted by Gasteiger charge is -2.44. The number of carbonyl (C=O) groups excluding carboxylic acids is 2. The number of aromatic nitrogens is 1. The van der Waals surface area contributed by atoms with Crippen molar-refractivity contribution in [2.45, 2.75) is 51.2 Å². The third-order valence-electron chi connectivity index (χ3n) is 6.53. The zero-order valence-electron chi connectivity index (χ0n) is 18.1. The summed E-state index contributed by atoms with van der Waals surface area (Å²) in [7, 11) is 0. The van der Waals surface area contributed by atoms with Crippen LogP contribution in [0.2, 0.25) is 0 Å². The molecule has 31 heavy (non-hydrogen) atoms. The van der Waals surface area contributed by atoms with Gasteiger partial charge in [0, 0.05) is 30.9 Å². The molecule has 2 aliphatic heterocycles. The van der Waals surface area contributed by atoms with Gasteiger partial charge in [-0.05, 0) is 55.5 Å². The minimum absolute atomic E-state index is 0.0881. The van der Waals surface area contributed by atoms with Crippen LogP contribution in [-0.4, -0.2) is 46.6 Å². The first-order chi connectivity index (χ1) is 15.0. The molecule has 1 aromatic carbocycles. The summed E-state index contributed by atoms with van der Waals surface area (Å²) in [5.41, 5.74) is 2.37. The maximum atomic E-state index is 12.8. The smallest absolute Gasteiger partial charge is 0.321 e. The van der Waals surface area contributed by atoms with Crippen molar-refractivity contribution in [2.24, 2.45) is 5.92 Å². The summed E-state index contributed by atoms with van der Waals surface area (Å²) >= 11 is 0. The van der Waals surface area contributed by atoms with Gasteiger partial charge in [0.05, 0.1) is 17.5 Å². The second-order valence-corrected chi connectivity index (χ2v) is 8.52. The Morgan fingerprint density at radius 1 is 1.16 bits per heavy atom. The van der Waals surface area contributed by atoms with Gasteiger partial charge in [-0.25, -0.2) is 4.79 Å². The molecule has 0 radical (unpaired) electrons. The van der Waals surface area contributed by atoms with Crippen LogP contribution in [0, 0.1) is 5.92 Å². The van der Waals surface area contributed by atoms with Crippen LogP contribution in [0.1, 0.15) is 38.7 Å². The topological polar surface area (TPSA) is 83.6 Å². The number of likely N-dealkylation sites (tertiary alicyclic amines) is 1. The molecule has 1 aromatic heterocycles. The van der Waals surface area contributed by atoms with Crippen LogP contribution in [0.25, 0.3) is 0 Å². The summed E-state index contributed by atoms with van der Waals surface area (Å²) < 4.78 is 6.32. The average molecular weight is 423 g/mol. The highest BCUT2D eigenvalue weighted by atomic mass is 16.5. The predicted molar refractivity (Wildman–Crippen MR) is 120 cm³/mol. The van der Waals surface area contributed by atoms with Crippen LogP contribution < -0.4 is 10.6 Å². The normalized spacial score (nSPS) is 25.4. The molecule has 3 atom stereocenters. The minimum atomic E-state index is -0.472. The van der Waals surface area contributed by atoms with Crippen LogP contribution in [0.5, 0.6) is 0 Å². The van der Waals surface area contributed by atoms with E-state index in [9.17, 15) is 9.59 Å². The first kappa shape index (κ1) is 21.3. The standard InChI is InChI=1S/C24H30N4O3/c1-3-18-6-8-19(9-7-18)27-23(30)28-14-12-24(17(2)16-28)11-10-21(31-24)22(29)26-20-5-4-13-25-15-20/h4-9,13,15,17,21H,3,10-12,14,16H2,1-2H3,(H,26,29)(H,27,30)/t17-,21+,24-/m1/s1. The Labute approximate surface area is 183 Å². The Kier molecular flexibility index (Phi) is 6.23. The molecule has 2 aromatic rings. The van der Waals surface area contributed by atoms with E-state index in [-0.39, 0.29) is 23.5 Å². The van der Waals surface area contributed by atoms with Crippen LogP contribution in [0.15, 0.2) is 48.8 Å². The van der Waals surface area contributed by atoms with Crippen molar-refractivity contribution in [2.75, 3.05) is 23.7 Å². The van der Waals surface area contributed by atoms with E-state index in [0.717, 1.165) is 24.9 Å². The Hall–Kier alpha value is -2.93. The van der Waals surface area contributed by atoms with Gasteiger partial charge in [0.2, 0.25) is 0 Å². The van der Waals surface area contributed by atoms with Crippen molar-refractivity contribution < 1.29 is 14.3 Å². The van der Waals surface area contributed by atoms with Crippen molar-refractivity contribution in [3.05, 3.63) is 54.4 Å². The van der Waals surface area contributed by atoms with E-state index in [1.807, 2.05) is 35.2 Å². The molecule has 0 bridgehead atoms. The van der Waals surface area contributed by atoms with Gasteiger partial charge in [0.25, 0.3) is 5.91 Å². The van der Waals surface area contributed by atoms with Gasteiger partial charge in [0.1, 0.15) is 6.10 Å². The summed E-state index contributed by atoms with van der Waals surface area (Å²) in [6.07, 6.45) is 6.04. The molecule has 3 amide bonds. The maximum Gasteiger partial charge on any atom is 0.321 e. The van der Waals surface area contributed by atoms with Crippen LogP contribution in [0.4, 0.5) is 16.2 Å². The summed E-state index contributed by atoms with van der Waals surface area (Å²) in [6, 6.07) is 11.5. The van der Waals surface area contributed by atoms with E-state index < -0.39 is 6.10 Å². The molecular weight excluding hydrogens is 392 g/mol. The molecule has 7 heteroatoms. The number of ether oxygens (including phenoxy) is 1. The second-order valence-electron chi connectivity index (χ2n) is 8.52. The van der Waals surface area contributed by atoms with Gasteiger partial charge in [-0.3, -0.25) is 9.78 Å². The Morgan fingerprint density at radius 2 is 1.97 bits per heavy atom. The van der Waals surface area contributed by atoms with Gasteiger partial charge < -0.3 is 20.3 Å². The van der Waals surface area contributed by atoms with Crippen molar-refractivity contribution in [3.8, 4) is 0 Å². The van der Waals surface area contributed by atoms with Crippen molar-refractivity contribution in [3.63, 3.8) is 0 Å². The number of rotatable bonds is 4. The lowest BCUT2D eigenvalue weighted by molar-refractivity contribution is -0.141. The molecule has 2 fully saturated rings. The number of nitrogens with one attached hydrogen (secondary N) is 2. The quantitative estimate of drug-likeness (QED) is 0.778. The van der Waals surface area contributed by atoms with Crippen LogP contribution in [0.3, 0.4) is 0 Å². The Morgan fingerprint density at radius 3 is 2.65 bits per heavy atom. The van der Waals surface area contributed by atoms with Gasteiger partial charge in [-0.15, -0.1) is 0 Å².